The Bertz CT molecular complexity index is 831. The van der Waals surface area contributed by atoms with Crippen molar-refractivity contribution in [1.29, 1.82) is 0 Å². The first-order valence-corrected chi connectivity index (χ1v) is 9.73. The molecule has 1 aliphatic rings. The van der Waals surface area contributed by atoms with Crippen molar-refractivity contribution in [2.45, 2.75) is 25.4 Å². The van der Waals surface area contributed by atoms with Crippen LogP contribution >= 0.6 is 0 Å². The van der Waals surface area contributed by atoms with Crippen LogP contribution in [0.15, 0.2) is 54.6 Å². The summed E-state index contributed by atoms with van der Waals surface area (Å²) in [6, 6.07) is 16.2. The molecule has 0 aliphatic carbocycles. The molecule has 3 amide bonds. The van der Waals surface area contributed by atoms with Crippen LogP contribution in [0.1, 0.15) is 28.8 Å². The number of ether oxygens (including phenoxy) is 1. The van der Waals surface area contributed by atoms with E-state index < -0.39 is 0 Å². The number of hydrogen-bond acceptors (Lipinski definition) is 4. The average Bonchev–Trinajstić information content (AvgIpc) is 3.27. The molecule has 0 aromatic heterocycles. The predicted octanol–water partition coefficient (Wildman–Crippen LogP) is 1.89. The first kappa shape index (κ1) is 20.5. The SMILES string of the molecule is O=C(Cc1ccccc1)Nc1ccc(C(=O)NCCNC(=O)C2CCCO2)cc1. The molecule has 1 saturated heterocycles. The van der Waals surface area contributed by atoms with E-state index >= 15 is 0 Å². The van der Waals surface area contributed by atoms with Crippen molar-refractivity contribution in [2.75, 3.05) is 25.0 Å². The third-order valence-electron chi connectivity index (χ3n) is 4.57. The lowest BCUT2D eigenvalue weighted by molar-refractivity contribution is -0.130. The van der Waals surface area contributed by atoms with E-state index in [1.165, 1.54) is 0 Å². The third-order valence-corrected chi connectivity index (χ3v) is 4.57. The van der Waals surface area contributed by atoms with Gasteiger partial charge in [0.25, 0.3) is 5.91 Å². The van der Waals surface area contributed by atoms with Crippen molar-refractivity contribution in [3.63, 3.8) is 0 Å². The van der Waals surface area contributed by atoms with Gasteiger partial charge in [0.05, 0.1) is 6.42 Å². The third kappa shape index (κ3) is 6.43. The molecule has 1 heterocycles. The van der Waals surface area contributed by atoms with Gasteiger partial charge in [-0.2, -0.15) is 0 Å². The van der Waals surface area contributed by atoms with E-state index in [9.17, 15) is 14.4 Å². The maximum atomic E-state index is 12.2. The topological polar surface area (TPSA) is 96.5 Å². The van der Waals surface area contributed by atoms with Gasteiger partial charge in [0.2, 0.25) is 11.8 Å². The standard InChI is InChI=1S/C22H25N3O4/c26-20(15-16-5-2-1-3-6-16)25-18-10-8-17(9-11-18)21(27)23-12-13-24-22(28)19-7-4-14-29-19/h1-3,5-6,8-11,19H,4,7,12-15H2,(H,23,27)(H,24,28)(H,25,26). The van der Waals surface area contributed by atoms with Gasteiger partial charge in [0.15, 0.2) is 0 Å². The molecule has 7 nitrogen and oxygen atoms in total. The Hall–Kier alpha value is -3.19. The largest absolute Gasteiger partial charge is 0.368 e. The highest BCUT2D eigenvalue weighted by Gasteiger charge is 2.22. The van der Waals surface area contributed by atoms with E-state index in [2.05, 4.69) is 16.0 Å². The van der Waals surface area contributed by atoms with Gasteiger partial charge in [0.1, 0.15) is 6.10 Å². The summed E-state index contributed by atoms with van der Waals surface area (Å²) in [5.41, 5.74) is 2.05. The number of benzene rings is 2. The zero-order chi connectivity index (χ0) is 20.5. The molecule has 152 valence electrons. The molecule has 0 bridgehead atoms. The predicted molar refractivity (Wildman–Crippen MR) is 110 cm³/mol. The van der Waals surface area contributed by atoms with Crippen molar-refractivity contribution in [1.82, 2.24) is 10.6 Å². The fraction of sp³-hybridized carbons (Fsp3) is 0.318. The number of rotatable bonds is 8. The van der Waals surface area contributed by atoms with Crippen molar-refractivity contribution in [2.24, 2.45) is 0 Å². The summed E-state index contributed by atoms with van der Waals surface area (Å²) in [6.07, 6.45) is 1.57. The molecular formula is C22H25N3O4. The summed E-state index contributed by atoms with van der Waals surface area (Å²) < 4.78 is 5.30. The smallest absolute Gasteiger partial charge is 0.251 e. The van der Waals surface area contributed by atoms with Crippen molar-refractivity contribution >= 4 is 23.4 Å². The van der Waals surface area contributed by atoms with Crippen LogP contribution in [0, 0.1) is 0 Å². The first-order chi connectivity index (χ1) is 14.1. The van der Waals surface area contributed by atoms with Crippen LogP contribution in [0.2, 0.25) is 0 Å². The van der Waals surface area contributed by atoms with Gasteiger partial charge in [0, 0.05) is 30.9 Å². The second-order valence-electron chi connectivity index (χ2n) is 6.84. The van der Waals surface area contributed by atoms with E-state index in [1.807, 2.05) is 30.3 Å². The number of carbonyl (C=O) groups is 3. The number of hydrogen-bond donors (Lipinski definition) is 3. The lowest BCUT2D eigenvalue weighted by Gasteiger charge is -2.11. The number of anilines is 1. The van der Waals surface area contributed by atoms with E-state index in [0.717, 1.165) is 18.4 Å². The van der Waals surface area contributed by atoms with Gasteiger partial charge in [-0.25, -0.2) is 0 Å². The summed E-state index contributed by atoms with van der Waals surface area (Å²) in [5, 5.41) is 8.33. The summed E-state index contributed by atoms with van der Waals surface area (Å²) in [4.78, 5) is 36.1. The highest BCUT2D eigenvalue weighted by Crippen LogP contribution is 2.12. The van der Waals surface area contributed by atoms with E-state index in [4.69, 9.17) is 4.74 Å². The van der Waals surface area contributed by atoms with E-state index in [0.29, 0.717) is 37.4 Å². The fourth-order valence-corrected chi connectivity index (χ4v) is 3.05. The van der Waals surface area contributed by atoms with Crippen LogP contribution in [0.4, 0.5) is 5.69 Å². The van der Waals surface area contributed by atoms with Gasteiger partial charge in [-0.15, -0.1) is 0 Å². The molecule has 1 aliphatic heterocycles. The zero-order valence-electron chi connectivity index (χ0n) is 16.1. The highest BCUT2D eigenvalue weighted by molar-refractivity contribution is 5.96. The van der Waals surface area contributed by atoms with Gasteiger partial charge in [-0.1, -0.05) is 30.3 Å². The van der Waals surface area contributed by atoms with Gasteiger partial charge in [-0.05, 0) is 42.7 Å². The lowest BCUT2D eigenvalue weighted by Crippen LogP contribution is -2.39. The Morgan fingerprint density at radius 1 is 0.931 bits per heavy atom. The Morgan fingerprint density at radius 2 is 1.66 bits per heavy atom. The molecule has 2 aromatic rings. The molecule has 29 heavy (non-hydrogen) atoms. The maximum absolute atomic E-state index is 12.2. The van der Waals surface area contributed by atoms with Gasteiger partial charge in [-0.3, -0.25) is 14.4 Å². The van der Waals surface area contributed by atoms with Crippen LogP contribution in [-0.4, -0.2) is 43.5 Å². The van der Waals surface area contributed by atoms with Crippen molar-refractivity contribution < 1.29 is 19.1 Å². The number of nitrogens with one attached hydrogen (secondary N) is 3. The Labute approximate surface area is 169 Å². The summed E-state index contributed by atoms with van der Waals surface area (Å²) >= 11 is 0. The fourth-order valence-electron chi connectivity index (χ4n) is 3.05. The van der Waals surface area contributed by atoms with Crippen LogP contribution in [0.5, 0.6) is 0 Å². The minimum absolute atomic E-state index is 0.115. The summed E-state index contributed by atoms with van der Waals surface area (Å²) in [6.45, 7) is 1.29. The normalized spacial score (nSPS) is 15.5. The quantitative estimate of drug-likeness (QED) is 0.595. The molecule has 1 atom stereocenters. The lowest BCUT2D eigenvalue weighted by atomic mass is 10.1. The maximum Gasteiger partial charge on any atom is 0.251 e. The van der Waals surface area contributed by atoms with Crippen LogP contribution in [-0.2, 0) is 20.7 Å². The molecule has 7 heteroatoms. The van der Waals surface area contributed by atoms with Crippen molar-refractivity contribution in [3.05, 3.63) is 65.7 Å². The van der Waals surface area contributed by atoms with E-state index in [-0.39, 0.29) is 23.8 Å². The minimum atomic E-state index is -0.365. The molecule has 0 spiro atoms. The molecule has 2 aromatic carbocycles. The molecule has 3 N–H and O–H groups in total. The van der Waals surface area contributed by atoms with Crippen LogP contribution in [0.3, 0.4) is 0 Å². The molecule has 0 saturated carbocycles. The van der Waals surface area contributed by atoms with Gasteiger partial charge < -0.3 is 20.7 Å². The van der Waals surface area contributed by atoms with Crippen molar-refractivity contribution in [3.8, 4) is 0 Å². The minimum Gasteiger partial charge on any atom is -0.368 e. The van der Waals surface area contributed by atoms with Crippen LogP contribution in [0.25, 0.3) is 0 Å². The molecular weight excluding hydrogens is 370 g/mol. The van der Waals surface area contributed by atoms with Gasteiger partial charge >= 0.3 is 0 Å². The van der Waals surface area contributed by atoms with E-state index in [1.54, 1.807) is 24.3 Å². The summed E-state index contributed by atoms with van der Waals surface area (Å²) in [7, 11) is 0. The average molecular weight is 395 g/mol. The van der Waals surface area contributed by atoms with Crippen LogP contribution < -0.4 is 16.0 Å². The Morgan fingerprint density at radius 3 is 2.34 bits per heavy atom. The molecule has 0 radical (unpaired) electrons. The Balaban J connectivity index is 1.39. The summed E-state index contributed by atoms with van der Waals surface area (Å²) in [5.74, 6) is -0.485. The second-order valence-corrected chi connectivity index (χ2v) is 6.84. The first-order valence-electron chi connectivity index (χ1n) is 9.73. The monoisotopic (exact) mass is 395 g/mol. The number of carbonyl (C=O) groups excluding carboxylic acids is 3. The highest BCUT2D eigenvalue weighted by atomic mass is 16.5. The molecule has 1 unspecified atom stereocenters. The zero-order valence-corrected chi connectivity index (χ0v) is 16.1. The number of amides is 3. The Kier molecular flexibility index (Phi) is 7.35. The molecule has 3 rings (SSSR count). The second kappa shape index (κ2) is 10.4. The molecule has 1 fully saturated rings.